The third kappa shape index (κ3) is 3.01. The van der Waals surface area contributed by atoms with Gasteiger partial charge in [0.15, 0.2) is 0 Å². The van der Waals surface area contributed by atoms with Crippen LogP contribution >= 0.6 is 15.9 Å². The first-order valence-corrected chi connectivity index (χ1v) is 6.39. The number of aryl methyl sites for hydroxylation is 1. The molecule has 2 rings (SSSR count). The molecular formula is C14H15BrN2. The second-order valence-corrected chi connectivity index (χ2v) is 4.82. The average Bonchev–Trinajstić information content (AvgIpc) is 2.34. The van der Waals surface area contributed by atoms with E-state index >= 15 is 0 Å². The van der Waals surface area contributed by atoms with Crippen molar-refractivity contribution in [2.75, 3.05) is 11.1 Å². The minimum atomic E-state index is 0.780. The Bertz CT molecular complexity index is 506. The fraction of sp³-hybridized carbons (Fsp3) is 0.143. The van der Waals surface area contributed by atoms with E-state index in [0.29, 0.717) is 0 Å². The van der Waals surface area contributed by atoms with Crippen LogP contribution in [-0.2, 0) is 6.42 Å². The van der Waals surface area contributed by atoms with Gasteiger partial charge in [0.1, 0.15) is 0 Å². The molecule has 17 heavy (non-hydrogen) atoms. The Morgan fingerprint density at radius 2 is 1.82 bits per heavy atom. The fourth-order valence-electron chi connectivity index (χ4n) is 1.70. The molecule has 3 heteroatoms. The van der Waals surface area contributed by atoms with Crippen LogP contribution in [0.2, 0.25) is 0 Å². The zero-order valence-corrected chi connectivity index (χ0v) is 11.3. The highest BCUT2D eigenvalue weighted by atomic mass is 79.9. The molecule has 0 unspecified atom stereocenters. The molecule has 0 aliphatic heterocycles. The van der Waals surface area contributed by atoms with Crippen LogP contribution in [0.1, 0.15) is 12.5 Å². The quantitative estimate of drug-likeness (QED) is 0.826. The highest BCUT2D eigenvalue weighted by Gasteiger charge is 2.02. The lowest BCUT2D eigenvalue weighted by Crippen LogP contribution is -1.95. The topological polar surface area (TPSA) is 38.0 Å². The van der Waals surface area contributed by atoms with Crippen LogP contribution in [0.3, 0.4) is 0 Å². The van der Waals surface area contributed by atoms with Crippen molar-refractivity contribution >= 4 is 33.0 Å². The number of benzene rings is 2. The second kappa shape index (κ2) is 5.23. The van der Waals surface area contributed by atoms with Gasteiger partial charge in [-0.25, -0.2) is 0 Å². The molecular weight excluding hydrogens is 276 g/mol. The summed E-state index contributed by atoms with van der Waals surface area (Å²) < 4.78 is 1.11. The van der Waals surface area contributed by atoms with E-state index in [-0.39, 0.29) is 0 Å². The number of anilines is 3. The molecule has 88 valence electrons. The van der Waals surface area contributed by atoms with Gasteiger partial charge in [0.05, 0.1) is 0 Å². The first-order chi connectivity index (χ1) is 8.19. The van der Waals surface area contributed by atoms with E-state index in [1.54, 1.807) is 0 Å². The first kappa shape index (κ1) is 12.0. The summed E-state index contributed by atoms with van der Waals surface area (Å²) in [6, 6.07) is 14.0. The molecule has 0 spiro atoms. The van der Waals surface area contributed by atoms with Gasteiger partial charge >= 0.3 is 0 Å². The van der Waals surface area contributed by atoms with Crippen molar-refractivity contribution in [1.29, 1.82) is 0 Å². The van der Waals surface area contributed by atoms with Crippen LogP contribution in [0.15, 0.2) is 46.9 Å². The third-order valence-electron chi connectivity index (χ3n) is 2.64. The van der Waals surface area contributed by atoms with Crippen LogP contribution < -0.4 is 11.1 Å². The van der Waals surface area contributed by atoms with Gasteiger partial charge in [0.2, 0.25) is 0 Å². The molecule has 2 aromatic carbocycles. The largest absolute Gasteiger partial charge is 0.399 e. The van der Waals surface area contributed by atoms with Gasteiger partial charge in [-0.15, -0.1) is 0 Å². The monoisotopic (exact) mass is 290 g/mol. The highest BCUT2D eigenvalue weighted by molar-refractivity contribution is 9.10. The Labute approximate surface area is 110 Å². The van der Waals surface area contributed by atoms with Crippen molar-refractivity contribution < 1.29 is 0 Å². The van der Waals surface area contributed by atoms with E-state index in [2.05, 4.69) is 40.3 Å². The minimum absolute atomic E-state index is 0.780. The van der Waals surface area contributed by atoms with Gasteiger partial charge in [-0.2, -0.15) is 0 Å². The molecule has 0 aliphatic carbocycles. The second-order valence-electron chi connectivity index (χ2n) is 3.90. The standard InChI is InChI=1S/C14H15BrN2/c1-2-10-9-11(15)3-8-14(10)17-13-6-4-12(16)5-7-13/h3-9,17H,2,16H2,1H3. The van der Waals surface area contributed by atoms with E-state index in [0.717, 1.165) is 28.0 Å². The van der Waals surface area contributed by atoms with Crippen LogP contribution in [0.5, 0.6) is 0 Å². The normalized spacial score (nSPS) is 10.2. The lowest BCUT2D eigenvalue weighted by Gasteiger charge is -2.11. The molecule has 0 saturated carbocycles. The van der Waals surface area contributed by atoms with Gasteiger partial charge < -0.3 is 11.1 Å². The maximum absolute atomic E-state index is 5.66. The first-order valence-electron chi connectivity index (χ1n) is 5.60. The Morgan fingerprint density at radius 3 is 2.47 bits per heavy atom. The lowest BCUT2D eigenvalue weighted by atomic mass is 10.1. The van der Waals surface area contributed by atoms with Crippen LogP contribution in [-0.4, -0.2) is 0 Å². The maximum Gasteiger partial charge on any atom is 0.0417 e. The van der Waals surface area contributed by atoms with Gasteiger partial charge in [-0.05, 0) is 54.4 Å². The molecule has 2 nitrogen and oxygen atoms in total. The summed E-state index contributed by atoms with van der Waals surface area (Å²) in [7, 11) is 0. The molecule has 0 fully saturated rings. The van der Waals surface area contributed by atoms with Gasteiger partial charge in [0.25, 0.3) is 0 Å². The summed E-state index contributed by atoms with van der Waals surface area (Å²) in [5.74, 6) is 0. The molecule has 2 aromatic rings. The number of hydrogen-bond acceptors (Lipinski definition) is 2. The molecule has 0 aliphatic rings. The molecule has 0 radical (unpaired) electrons. The Hall–Kier alpha value is -1.48. The van der Waals surface area contributed by atoms with E-state index in [9.17, 15) is 0 Å². The van der Waals surface area contributed by atoms with Crippen molar-refractivity contribution in [3.8, 4) is 0 Å². The predicted octanol–water partition coefficient (Wildman–Crippen LogP) is 4.34. The van der Waals surface area contributed by atoms with Crippen molar-refractivity contribution in [3.05, 3.63) is 52.5 Å². The van der Waals surface area contributed by atoms with Crippen molar-refractivity contribution in [2.45, 2.75) is 13.3 Å². The summed E-state index contributed by atoms with van der Waals surface area (Å²) >= 11 is 3.49. The molecule has 0 atom stereocenters. The van der Waals surface area contributed by atoms with E-state index in [1.165, 1.54) is 5.56 Å². The zero-order valence-electron chi connectivity index (χ0n) is 9.70. The van der Waals surface area contributed by atoms with Crippen molar-refractivity contribution in [2.24, 2.45) is 0 Å². The van der Waals surface area contributed by atoms with Gasteiger partial charge in [0, 0.05) is 21.5 Å². The Balaban J connectivity index is 2.26. The molecule has 0 saturated heterocycles. The lowest BCUT2D eigenvalue weighted by molar-refractivity contribution is 1.14. The van der Waals surface area contributed by atoms with Crippen LogP contribution in [0.25, 0.3) is 0 Å². The summed E-state index contributed by atoms with van der Waals surface area (Å²) in [5, 5.41) is 3.40. The zero-order chi connectivity index (χ0) is 12.3. The summed E-state index contributed by atoms with van der Waals surface area (Å²) in [5.41, 5.74) is 9.92. The Kier molecular flexibility index (Phi) is 3.69. The minimum Gasteiger partial charge on any atom is -0.399 e. The third-order valence-corrected chi connectivity index (χ3v) is 3.13. The van der Waals surface area contributed by atoms with Crippen molar-refractivity contribution in [1.82, 2.24) is 0 Å². The SMILES string of the molecule is CCc1cc(Br)ccc1Nc1ccc(N)cc1. The molecule has 0 amide bonds. The smallest absolute Gasteiger partial charge is 0.0417 e. The number of rotatable bonds is 3. The summed E-state index contributed by atoms with van der Waals surface area (Å²) in [4.78, 5) is 0. The maximum atomic E-state index is 5.66. The number of halogens is 1. The van der Waals surface area contributed by atoms with E-state index in [4.69, 9.17) is 5.73 Å². The van der Waals surface area contributed by atoms with Gasteiger partial charge in [-0.3, -0.25) is 0 Å². The van der Waals surface area contributed by atoms with Gasteiger partial charge in [-0.1, -0.05) is 22.9 Å². The summed E-state index contributed by atoms with van der Waals surface area (Å²) in [6.45, 7) is 2.15. The average molecular weight is 291 g/mol. The number of hydrogen-bond donors (Lipinski definition) is 2. The van der Waals surface area contributed by atoms with Crippen LogP contribution in [0, 0.1) is 0 Å². The highest BCUT2D eigenvalue weighted by Crippen LogP contribution is 2.25. The summed E-state index contributed by atoms with van der Waals surface area (Å²) in [6.07, 6.45) is 0.997. The fourth-order valence-corrected chi connectivity index (χ4v) is 2.11. The molecule has 0 aromatic heterocycles. The Morgan fingerprint density at radius 1 is 1.12 bits per heavy atom. The van der Waals surface area contributed by atoms with Crippen LogP contribution in [0.4, 0.5) is 17.1 Å². The molecule has 0 bridgehead atoms. The molecule has 0 heterocycles. The predicted molar refractivity (Wildman–Crippen MR) is 77.7 cm³/mol. The molecule has 3 N–H and O–H groups in total. The van der Waals surface area contributed by atoms with E-state index < -0.39 is 0 Å². The number of nitrogens with one attached hydrogen (secondary N) is 1. The number of nitrogen functional groups attached to an aromatic ring is 1. The van der Waals surface area contributed by atoms with Crippen molar-refractivity contribution in [3.63, 3.8) is 0 Å². The number of nitrogens with two attached hydrogens (primary N) is 1. The van der Waals surface area contributed by atoms with E-state index in [1.807, 2.05) is 30.3 Å².